The van der Waals surface area contributed by atoms with Crippen molar-refractivity contribution in [2.45, 2.75) is 59.5 Å². The predicted molar refractivity (Wildman–Crippen MR) is 116 cm³/mol. The largest absolute Gasteiger partial charge is 0.367 e. The maximum atomic E-state index is 9.51. The van der Waals surface area contributed by atoms with E-state index in [2.05, 4.69) is 36.6 Å². The lowest BCUT2D eigenvalue weighted by Crippen LogP contribution is -2.29. The Labute approximate surface area is 174 Å². The van der Waals surface area contributed by atoms with Crippen molar-refractivity contribution in [2.24, 2.45) is 0 Å². The topological polar surface area (TPSA) is 78.4 Å². The van der Waals surface area contributed by atoms with Crippen molar-refractivity contribution >= 4 is 33.2 Å². The van der Waals surface area contributed by atoms with Crippen molar-refractivity contribution < 1.29 is 9.94 Å². The summed E-state index contributed by atoms with van der Waals surface area (Å²) < 4.78 is 3.68. The molecule has 0 aromatic carbocycles. The van der Waals surface area contributed by atoms with Crippen LogP contribution in [0, 0.1) is 0 Å². The van der Waals surface area contributed by atoms with Crippen molar-refractivity contribution in [3.05, 3.63) is 46.8 Å². The monoisotopic (exact) mass is 449 g/mol. The summed E-state index contributed by atoms with van der Waals surface area (Å²) in [5, 5.41) is 20.7. The van der Waals surface area contributed by atoms with Crippen LogP contribution in [0.5, 0.6) is 0 Å². The quantitative estimate of drug-likeness (QED) is 0.390. The number of nitrogens with one attached hydrogen (secondary N) is 2. The van der Waals surface area contributed by atoms with Crippen LogP contribution in [0.4, 0.5) is 11.6 Å². The van der Waals surface area contributed by atoms with E-state index in [9.17, 15) is 5.21 Å². The van der Waals surface area contributed by atoms with E-state index < -0.39 is 0 Å². The molecule has 4 rings (SSSR count). The van der Waals surface area contributed by atoms with Gasteiger partial charge in [0.1, 0.15) is 11.6 Å². The molecule has 1 aliphatic carbocycles. The second-order valence-corrected chi connectivity index (χ2v) is 6.83. The summed E-state index contributed by atoms with van der Waals surface area (Å²) >= 11 is 3.50. The molecule has 0 aliphatic heterocycles. The minimum Gasteiger partial charge on any atom is -0.367 e. The first kappa shape index (κ1) is 21.9. The van der Waals surface area contributed by atoms with Crippen molar-refractivity contribution in [1.82, 2.24) is 14.6 Å². The van der Waals surface area contributed by atoms with E-state index >= 15 is 0 Å². The van der Waals surface area contributed by atoms with E-state index in [4.69, 9.17) is 0 Å². The Morgan fingerprint density at radius 2 is 2.04 bits per heavy atom. The zero-order valence-corrected chi connectivity index (χ0v) is 18.6. The second kappa shape index (κ2) is 10.8. The fourth-order valence-electron chi connectivity index (χ4n) is 2.71. The molecule has 3 aromatic heterocycles. The summed E-state index contributed by atoms with van der Waals surface area (Å²) in [7, 11) is 0. The number of fused-ring (bicyclic) bond motifs is 1. The van der Waals surface area contributed by atoms with Crippen LogP contribution in [0.1, 0.15) is 52.5 Å². The lowest BCUT2D eigenvalue weighted by molar-refractivity contribution is -0.905. The van der Waals surface area contributed by atoms with Gasteiger partial charge in [0.25, 0.3) is 0 Å². The summed E-state index contributed by atoms with van der Waals surface area (Å²) in [6, 6.07) is 6.23. The Bertz CT molecular complexity index is 878. The van der Waals surface area contributed by atoms with Crippen molar-refractivity contribution in [1.29, 1.82) is 0 Å². The van der Waals surface area contributed by atoms with Gasteiger partial charge >= 0.3 is 0 Å². The number of nitrogens with zero attached hydrogens (tertiary/aromatic N) is 4. The maximum absolute atomic E-state index is 9.51. The van der Waals surface area contributed by atoms with Crippen LogP contribution in [0.2, 0.25) is 0 Å². The Morgan fingerprint density at radius 3 is 2.68 bits per heavy atom. The second-order valence-electron chi connectivity index (χ2n) is 5.97. The van der Waals surface area contributed by atoms with Gasteiger partial charge in [-0.05, 0) is 41.3 Å². The molecule has 152 valence electrons. The molecule has 3 N–H and O–H groups in total. The highest BCUT2D eigenvalue weighted by molar-refractivity contribution is 9.10. The number of aromatic nitrogens is 4. The van der Waals surface area contributed by atoms with E-state index in [0.29, 0.717) is 12.6 Å². The van der Waals surface area contributed by atoms with Crippen LogP contribution in [-0.2, 0) is 6.54 Å². The average Bonchev–Trinajstić information content (AvgIpc) is 3.07. The minimum absolute atomic E-state index is 0.511. The average molecular weight is 450 g/mol. The van der Waals surface area contributed by atoms with Crippen molar-refractivity contribution in [3.63, 3.8) is 0 Å². The zero-order valence-electron chi connectivity index (χ0n) is 17.0. The molecule has 3 aromatic rings. The predicted octanol–water partition coefficient (Wildman–Crippen LogP) is 4.65. The zero-order chi connectivity index (χ0) is 20.5. The van der Waals surface area contributed by atoms with E-state index in [1.54, 1.807) is 29.2 Å². The van der Waals surface area contributed by atoms with Gasteiger partial charge in [0.05, 0.1) is 10.7 Å². The highest BCUT2D eigenvalue weighted by Crippen LogP contribution is 2.26. The number of pyridine rings is 1. The number of halogens is 1. The van der Waals surface area contributed by atoms with Crippen LogP contribution in [-0.4, -0.2) is 25.8 Å². The fourth-order valence-corrected chi connectivity index (χ4v) is 3.05. The van der Waals surface area contributed by atoms with Crippen LogP contribution in [0.3, 0.4) is 0 Å². The molecule has 1 fully saturated rings. The van der Waals surface area contributed by atoms with E-state index in [1.807, 2.05) is 39.8 Å². The molecule has 1 aliphatic rings. The summed E-state index contributed by atoms with van der Waals surface area (Å²) in [6.07, 6.45) is 8.64. The summed E-state index contributed by atoms with van der Waals surface area (Å²) in [5.41, 5.74) is 1.73. The summed E-state index contributed by atoms with van der Waals surface area (Å²) in [6.45, 7) is 8.57. The van der Waals surface area contributed by atoms with Gasteiger partial charge in [-0.2, -0.15) is 9.61 Å². The Kier molecular flexibility index (Phi) is 8.50. The van der Waals surface area contributed by atoms with Gasteiger partial charge in [-0.3, -0.25) is 5.21 Å². The lowest BCUT2D eigenvalue weighted by atomic mass is 9.93. The molecule has 7 nitrogen and oxygen atoms in total. The Morgan fingerprint density at radius 1 is 1.29 bits per heavy atom. The van der Waals surface area contributed by atoms with Gasteiger partial charge in [-0.15, -0.1) is 0 Å². The Balaban J connectivity index is 0.000000660. The molecule has 3 heterocycles. The van der Waals surface area contributed by atoms with E-state index in [0.717, 1.165) is 32.0 Å². The number of rotatable bonds is 5. The molecule has 28 heavy (non-hydrogen) atoms. The first-order valence-electron chi connectivity index (χ1n) is 9.93. The molecule has 0 spiro atoms. The van der Waals surface area contributed by atoms with Gasteiger partial charge in [-0.25, -0.2) is 4.98 Å². The van der Waals surface area contributed by atoms with Gasteiger partial charge in [-0.1, -0.05) is 27.7 Å². The molecule has 0 radical (unpaired) electrons. The molecule has 0 bridgehead atoms. The van der Waals surface area contributed by atoms with E-state index in [-0.39, 0.29) is 0 Å². The minimum atomic E-state index is 0.511. The standard InChI is InChI=1S/C16H18BrN6O.2C2H6/c17-13-9-19-23-15(18-8-11-3-2-6-22(24)10-11)7-14(21-16(13)23)20-12-4-1-5-12;2*1-2/h2-3,6-7,9-10,12,18,24H,1,4-5,8H2,(H,20,21);2*1-2H3/q+1;;. The molecule has 0 atom stereocenters. The van der Waals surface area contributed by atoms with Gasteiger partial charge < -0.3 is 10.6 Å². The highest BCUT2D eigenvalue weighted by Gasteiger charge is 2.19. The SMILES string of the molecule is CC.CC.O[n+]1cccc(CNc2cc(NC3CCC3)nc3c(Br)cnn23)c1. The molecule has 0 amide bonds. The van der Waals surface area contributed by atoms with Crippen LogP contribution >= 0.6 is 15.9 Å². The van der Waals surface area contributed by atoms with Gasteiger partial charge in [0, 0.05) is 35.0 Å². The lowest BCUT2D eigenvalue weighted by Gasteiger charge is -2.27. The molecule has 1 saturated carbocycles. The molecule has 0 unspecified atom stereocenters. The third kappa shape index (κ3) is 5.34. The summed E-state index contributed by atoms with van der Waals surface area (Å²) in [5.74, 6) is 1.70. The van der Waals surface area contributed by atoms with Gasteiger partial charge in [0.2, 0.25) is 12.4 Å². The molecule has 0 saturated heterocycles. The number of anilines is 2. The third-order valence-electron chi connectivity index (χ3n) is 4.21. The maximum Gasteiger partial charge on any atom is 0.227 e. The van der Waals surface area contributed by atoms with Crippen molar-refractivity contribution in [2.75, 3.05) is 10.6 Å². The molecular formula is C20H30BrN6O+. The van der Waals surface area contributed by atoms with Crippen LogP contribution in [0.25, 0.3) is 5.65 Å². The summed E-state index contributed by atoms with van der Waals surface area (Å²) in [4.78, 5) is 4.64. The normalized spacial score (nSPS) is 12.9. The van der Waals surface area contributed by atoms with Gasteiger partial charge in [0.15, 0.2) is 5.65 Å². The highest BCUT2D eigenvalue weighted by atomic mass is 79.9. The number of hydrogen-bond donors (Lipinski definition) is 3. The van der Waals surface area contributed by atoms with E-state index in [1.165, 1.54) is 19.3 Å². The Hall–Kier alpha value is -2.35. The molecular weight excluding hydrogens is 420 g/mol. The first-order chi connectivity index (χ1) is 13.7. The van der Waals surface area contributed by atoms with Crippen molar-refractivity contribution in [3.8, 4) is 0 Å². The van der Waals surface area contributed by atoms with Crippen LogP contribution in [0.15, 0.2) is 41.3 Å². The smallest absolute Gasteiger partial charge is 0.227 e. The molecule has 8 heteroatoms. The number of hydrogen-bond acceptors (Lipinski definition) is 5. The van der Waals surface area contributed by atoms with Crippen LogP contribution < -0.4 is 15.4 Å². The fraction of sp³-hybridized carbons (Fsp3) is 0.450. The first-order valence-corrected chi connectivity index (χ1v) is 10.7. The third-order valence-corrected chi connectivity index (χ3v) is 4.77.